The first kappa shape index (κ1) is 10.2. The molecule has 1 aromatic rings. The van der Waals surface area contributed by atoms with Gasteiger partial charge < -0.3 is 5.32 Å². The molecule has 0 amide bonds. The van der Waals surface area contributed by atoms with Crippen LogP contribution in [0.15, 0.2) is 10.9 Å². The van der Waals surface area contributed by atoms with Gasteiger partial charge in [-0.2, -0.15) is 0 Å². The number of rotatable bonds is 2. The molecule has 0 aliphatic carbocycles. The van der Waals surface area contributed by atoms with Gasteiger partial charge in [0.25, 0.3) is 5.56 Å². The summed E-state index contributed by atoms with van der Waals surface area (Å²) in [6, 6.07) is 1.66. The van der Waals surface area contributed by atoms with Crippen LogP contribution < -0.4 is 10.9 Å². The van der Waals surface area contributed by atoms with E-state index in [1.165, 1.54) is 0 Å². The molecule has 1 aromatic heterocycles. The van der Waals surface area contributed by atoms with Crippen molar-refractivity contribution in [1.29, 1.82) is 0 Å². The molecule has 82 valence electrons. The van der Waals surface area contributed by atoms with Crippen LogP contribution in [0.1, 0.15) is 26.0 Å². The third-order valence-corrected chi connectivity index (χ3v) is 2.52. The van der Waals surface area contributed by atoms with Gasteiger partial charge in [0.2, 0.25) is 5.95 Å². The van der Waals surface area contributed by atoms with Gasteiger partial charge >= 0.3 is 0 Å². The van der Waals surface area contributed by atoms with E-state index < -0.39 is 0 Å². The molecular weight excluding hydrogens is 190 g/mol. The molecular formula is C11H17N3O. The number of hydrogen-bond donors (Lipinski definition) is 1. The molecule has 2 rings (SSSR count). The molecule has 0 saturated heterocycles. The zero-order valence-corrected chi connectivity index (χ0v) is 9.29. The Morgan fingerprint density at radius 2 is 2.40 bits per heavy atom. The Kier molecular flexibility index (Phi) is 2.75. The zero-order valence-electron chi connectivity index (χ0n) is 9.29. The van der Waals surface area contributed by atoms with Crippen molar-refractivity contribution in [3.63, 3.8) is 0 Å². The van der Waals surface area contributed by atoms with Gasteiger partial charge in [0.15, 0.2) is 0 Å². The smallest absolute Gasteiger partial charge is 0.255 e. The standard InChI is InChI=1S/C11H17N3O/c1-8(2)6-9-7-10(15)14-5-3-4-12-11(14)13-9/h7-8H,3-6H2,1-2H3,(H,12,13). The predicted molar refractivity (Wildman–Crippen MR) is 60.1 cm³/mol. The first-order valence-corrected chi connectivity index (χ1v) is 5.51. The van der Waals surface area contributed by atoms with E-state index >= 15 is 0 Å². The van der Waals surface area contributed by atoms with Crippen molar-refractivity contribution in [2.75, 3.05) is 11.9 Å². The van der Waals surface area contributed by atoms with Crippen molar-refractivity contribution in [2.45, 2.75) is 33.2 Å². The lowest BCUT2D eigenvalue weighted by molar-refractivity contribution is 0.579. The first-order valence-electron chi connectivity index (χ1n) is 5.51. The molecule has 4 heteroatoms. The molecule has 0 bridgehead atoms. The van der Waals surface area contributed by atoms with Crippen LogP contribution >= 0.6 is 0 Å². The second-order valence-electron chi connectivity index (χ2n) is 4.44. The van der Waals surface area contributed by atoms with Crippen LogP contribution in [-0.4, -0.2) is 16.1 Å². The van der Waals surface area contributed by atoms with Gasteiger partial charge in [-0.3, -0.25) is 9.36 Å². The molecule has 0 spiro atoms. The van der Waals surface area contributed by atoms with E-state index in [9.17, 15) is 4.79 Å². The third kappa shape index (κ3) is 2.19. The molecule has 1 aliphatic heterocycles. The summed E-state index contributed by atoms with van der Waals surface area (Å²) in [4.78, 5) is 16.2. The summed E-state index contributed by atoms with van der Waals surface area (Å²) in [5.74, 6) is 1.27. The van der Waals surface area contributed by atoms with Crippen molar-refractivity contribution in [3.8, 4) is 0 Å². The molecule has 0 radical (unpaired) electrons. The fourth-order valence-electron chi connectivity index (χ4n) is 1.86. The lowest BCUT2D eigenvalue weighted by Gasteiger charge is -2.19. The quantitative estimate of drug-likeness (QED) is 0.794. The Morgan fingerprint density at radius 3 is 3.13 bits per heavy atom. The summed E-state index contributed by atoms with van der Waals surface area (Å²) in [6.45, 7) is 5.96. The number of anilines is 1. The number of nitrogens with one attached hydrogen (secondary N) is 1. The fourth-order valence-corrected chi connectivity index (χ4v) is 1.86. The van der Waals surface area contributed by atoms with E-state index in [1.807, 2.05) is 0 Å². The van der Waals surface area contributed by atoms with Crippen LogP contribution in [0.25, 0.3) is 0 Å². The molecule has 0 fully saturated rings. The Balaban J connectivity index is 2.36. The Morgan fingerprint density at radius 1 is 1.60 bits per heavy atom. The molecule has 0 atom stereocenters. The van der Waals surface area contributed by atoms with Gasteiger partial charge in [-0.15, -0.1) is 0 Å². The van der Waals surface area contributed by atoms with Crippen LogP contribution in [-0.2, 0) is 13.0 Å². The Hall–Kier alpha value is -1.32. The fraction of sp³-hybridized carbons (Fsp3) is 0.636. The van der Waals surface area contributed by atoms with E-state index in [2.05, 4.69) is 24.1 Å². The normalized spacial score (nSPS) is 14.9. The monoisotopic (exact) mass is 207 g/mol. The summed E-state index contributed by atoms with van der Waals surface area (Å²) in [6.07, 6.45) is 1.86. The van der Waals surface area contributed by atoms with Crippen LogP contribution in [0.5, 0.6) is 0 Å². The van der Waals surface area contributed by atoms with Crippen molar-refractivity contribution in [2.24, 2.45) is 5.92 Å². The highest BCUT2D eigenvalue weighted by Gasteiger charge is 2.12. The second-order valence-corrected chi connectivity index (χ2v) is 4.44. The maximum absolute atomic E-state index is 11.7. The van der Waals surface area contributed by atoms with Crippen LogP contribution in [0.2, 0.25) is 0 Å². The van der Waals surface area contributed by atoms with Crippen LogP contribution in [0, 0.1) is 5.92 Å². The van der Waals surface area contributed by atoms with Crippen LogP contribution in [0.4, 0.5) is 5.95 Å². The molecule has 0 unspecified atom stereocenters. The predicted octanol–water partition coefficient (Wildman–Crippen LogP) is 1.26. The summed E-state index contributed by atoms with van der Waals surface area (Å²) < 4.78 is 1.72. The average Bonchev–Trinajstić information content (AvgIpc) is 2.16. The maximum atomic E-state index is 11.7. The summed E-state index contributed by atoms with van der Waals surface area (Å²) in [5, 5.41) is 3.17. The van der Waals surface area contributed by atoms with Crippen molar-refractivity contribution >= 4 is 5.95 Å². The Labute approximate surface area is 89.3 Å². The minimum Gasteiger partial charge on any atom is -0.355 e. The number of aromatic nitrogens is 2. The molecule has 1 aliphatic rings. The summed E-state index contributed by atoms with van der Waals surface area (Å²) in [7, 11) is 0. The van der Waals surface area contributed by atoms with Gasteiger partial charge in [-0.25, -0.2) is 4.98 Å². The van der Waals surface area contributed by atoms with Gasteiger partial charge in [0, 0.05) is 19.2 Å². The Bertz CT molecular complexity index is 409. The largest absolute Gasteiger partial charge is 0.355 e. The summed E-state index contributed by atoms with van der Waals surface area (Å²) in [5.41, 5.74) is 0.971. The van der Waals surface area contributed by atoms with Crippen molar-refractivity contribution in [1.82, 2.24) is 9.55 Å². The minimum absolute atomic E-state index is 0.0721. The van der Waals surface area contributed by atoms with Gasteiger partial charge in [0.1, 0.15) is 0 Å². The van der Waals surface area contributed by atoms with E-state index in [0.717, 1.165) is 37.6 Å². The number of nitrogens with zero attached hydrogens (tertiary/aromatic N) is 2. The topological polar surface area (TPSA) is 46.9 Å². The SMILES string of the molecule is CC(C)Cc1cc(=O)n2c(n1)NCCC2. The second kappa shape index (κ2) is 4.04. The van der Waals surface area contributed by atoms with Crippen molar-refractivity contribution < 1.29 is 0 Å². The first-order chi connectivity index (χ1) is 7.16. The van der Waals surface area contributed by atoms with E-state index in [4.69, 9.17) is 0 Å². The highest BCUT2D eigenvalue weighted by atomic mass is 16.1. The van der Waals surface area contributed by atoms with Crippen molar-refractivity contribution in [3.05, 3.63) is 22.1 Å². The van der Waals surface area contributed by atoms with Gasteiger partial charge in [-0.05, 0) is 18.8 Å². The molecule has 4 nitrogen and oxygen atoms in total. The third-order valence-electron chi connectivity index (χ3n) is 2.52. The van der Waals surface area contributed by atoms with Crippen LogP contribution in [0.3, 0.4) is 0 Å². The van der Waals surface area contributed by atoms with E-state index in [0.29, 0.717) is 5.92 Å². The molecule has 0 saturated carbocycles. The van der Waals surface area contributed by atoms with E-state index in [1.54, 1.807) is 10.6 Å². The molecule has 0 aromatic carbocycles. The molecule has 2 heterocycles. The lowest BCUT2D eigenvalue weighted by atomic mass is 10.1. The maximum Gasteiger partial charge on any atom is 0.255 e. The summed E-state index contributed by atoms with van der Waals surface area (Å²) >= 11 is 0. The number of hydrogen-bond acceptors (Lipinski definition) is 3. The van der Waals surface area contributed by atoms with E-state index in [-0.39, 0.29) is 5.56 Å². The highest BCUT2D eigenvalue weighted by Crippen LogP contribution is 2.10. The zero-order chi connectivity index (χ0) is 10.8. The van der Waals surface area contributed by atoms with Gasteiger partial charge in [0.05, 0.1) is 5.69 Å². The molecule has 15 heavy (non-hydrogen) atoms. The number of fused-ring (bicyclic) bond motifs is 1. The molecule has 1 N–H and O–H groups in total. The highest BCUT2D eigenvalue weighted by molar-refractivity contribution is 5.29. The lowest BCUT2D eigenvalue weighted by Crippen LogP contribution is -2.30. The van der Waals surface area contributed by atoms with Gasteiger partial charge in [-0.1, -0.05) is 13.8 Å². The minimum atomic E-state index is 0.0721. The average molecular weight is 207 g/mol.